The second kappa shape index (κ2) is 5.74. The van der Waals surface area contributed by atoms with Crippen LogP contribution < -0.4 is 5.32 Å². The van der Waals surface area contributed by atoms with E-state index in [0.29, 0.717) is 0 Å². The van der Waals surface area contributed by atoms with E-state index >= 15 is 0 Å². The van der Waals surface area contributed by atoms with Crippen molar-refractivity contribution >= 4 is 28.5 Å². The summed E-state index contributed by atoms with van der Waals surface area (Å²) in [5.74, 6) is 0. The van der Waals surface area contributed by atoms with E-state index in [-0.39, 0.29) is 0 Å². The molecule has 2 aromatic carbocycles. The Bertz CT molecular complexity index is 543. The number of benzene rings is 2. The first-order valence-corrected chi connectivity index (χ1v) is 6.37. The van der Waals surface area contributed by atoms with Gasteiger partial charge in [0.05, 0.1) is 0 Å². The van der Waals surface area contributed by atoms with Crippen molar-refractivity contribution in [2.24, 2.45) is 0 Å². The van der Waals surface area contributed by atoms with Gasteiger partial charge in [0.1, 0.15) is 0 Å². The predicted octanol–water partition coefficient (Wildman–Crippen LogP) is 5.51. The highest BCUT2D eigenvalue weighted by atomic mass is 35.5. The Kier molecular flexibility index (Phi) is 4.06. The Morgan fingerprint density at radius 1 is 1.11 bits per heavy atom. The van der Waals surface area contributed by atoms with Crippen LogP contribution >= 0.6 is 11.6 Å². The van der Waals surface area contributed by atoms with Crippen LogP contribution in [0.1, 0.15) is 18.9 Å². The SMILES string of the molecule is C=C(CC)c1ccc(Nc2cccc(Cl)c2)cc1. The summed E-state index contributed by atoms with van der Waals surface area (Å²) in [7, 11) is 0. The summed E-state index contributed by atoms with van der Waals surface area (Å²) in [5, 5.41) is 4.05. The Labute approximate surface area is 113 Å². The second-order valence-corrected chi connectivity index (χ2v) is 4.61. The number of hydrogen-bond donors (Lipinski definition) is 1. The Balaban J connectivity index is 2.13. The molecule has 0 unspecified atom stereocenters. The molecule has 2 aromatic rings. The molecule has 0 aromatic heterocycles. The molecule has 1 nitrogen and oxygen atoms in total. The van der Waals surface area contributed by atoms with Crippen molar-refractivity contribution in [1.29, 1.82) is 0 Å². The molecule has 18 heavy (non-hydrogen) atoms. The van der Waals surface area contributed by atoms with Crippen molar-refractivity contribution < 1.29 is 0 Å². The summed E-state index contributed by atoms with van der Waals surface area (Å²) in [6.45, 7) is 6.14. The van der Waals surface area contributed by atoms with Crippen LogP contribution in [0.5, 0.6) is 0 Å². The van der Waals surface area contributed by atoms with E-state index in [1.165, 1.54) is 5.56 Å². The van der Waals surface area contributed by atoms with Crippen LogP contribution in [0, 0.1) is 0 Å². The summed E-state index contributed by atoms with van der Waals surface area (Å²) in [6.07, 6.45) is 0.973. The maximum atomic E-state index is 5.95. The molecule has 0 spiro atoms. The molecule has 0 atom stereocenters. The third kappa shape index (κ3) is 3.14. The van der Waals surface area contributed by atoms with Crippen molar-refractivity contribution in [2.45, 2.75) is 13.3 Å². The maximum Gasteiger partial charge on any atom is 0.0426 e. The molecule has 0 aliphatic carbocycles. The second-order valence-electron chi connectivity index (χ2n) is 4.17. The van der Waals surface area contributed by atoms with Crippen LogP contribution in [0.4, 0.5) is 11.4 Å². The first-order valence-electron chi connectivity index (χ1n) is 6.00. The topological polar surface area (TPSA) is 12.0 Å². The minimum absolute atomic E-state index is 0.732. The molecule has 2 rings (SSSR count). The maximum absolute atomic E-state index is 5.95. The molecule has 0 fully saturated rings. The van der Waals surface area contributed by atoms with E-state index in [1.54, 1.807) is 0 Å². The van der Waals surface area contributed by atoms with E-state index in [2.05, 4.69) is 43.1 Å². The highest BCUT2D eigenvalue weighted by molar-refractivity contribution is 6.30. The fourth-order valence-electron chi connectivity index (χ4n) is 1.73. The standard InChI is InChI=1S/C16H16ClN/c1-3-12(2)13-7-9-15(10-8-13)18-16-6-4-5-14(17)11-16/h4-11,18H,2-3H2,1H3. The normalized spacial score (nSPS) is 10.1. The van der Waals surface area contributed by atoms with Gasteiger partial charge in [0.15, 0.2) is 0 Å². The van der Waals surface area contributed by atoms with Crippen LogP contribution in [0.15, 0.2) is 55.1 Å². The van der Waals surface area contributed by atoms with Gasteiger partial charge in [-0.05, 0) is 47.9 Å². The highest BCUT2D eigenvalue weighted by Crippen LogP contribution is 2.22. The molecular weight excluding hydrogens is 242 g/mol. The average molecular weight is 258 g/mol. The van der Waals surface area contributed by atoms with Gasteiger partial charge in [-0.25, -0.2) is 0 Å². The minimum Gasteiger partial charge on any atom is -0.355 e. The number of halogens is 1. The molecule has 0 bridgehead atoms. The van der Waals surface area contributed by atoms with Gasteiger partial charge in [0.2, 0.25) is 0 Å². The zero-order chi connectivity index (χ0) is 13.0. The lowest BCUT2D eigenvalue weighted by atomic mass is 10.1. The zero-order valence-electron chi connectivity index (χ0n) is 10.4. The fraction of sp³-hybridized carbons (Fsp3) is 0.125. The Morgan fingerprint density at radius 3 is 2.44 bits per heavy atom. The van der Waals surface area contributed by atoms with Gasteiger partial charge in [0.25, 0.3) is 0 Å². The van der Waals surface area contributed by atoms with E-state index in [4.69, 9.17) is 11.6 Å². The van der Waals surface area contributed by atoms with Crippen LogP contribution in [0.3, 0.4) is 0 Å². The van der Waals surface area contributed by atoms with Crippen LogP contribution in [0.25, 0.3) is 5.57 Å². The molecule has 0 saturated heterocycles. The van der Waals surface area contributed by atoms with Gasteiger partial charge >= 0.3 is 0 Å². The van der Waals surface area contributed by atoms with E-state index in [0.717, 1.165) is 28.4 Å². The third-order valence-corrected chi connectivity index (χ3v) is 3.07. The van der Waals surface area contributed by atoms with Gasteiger partial charge in [-0.3, -0.25) is 0 Å². The Morgan fingerprint density at radius 2 is 1.83 bits per heavy atom. The van der Waals surface area contributed by atoms with Crippen LogP contribution in [-0.4, -0.2) is 0 Å². The number of nitrogens with one attached hydrogen (secondary N) is 1. The molecule has 2 heteroatoms. The monoisotopic (exact) mass is 257 g/mol. The molecule has 0 heterocycles. The predicted molar refractivity (Wildman–Crippen MR) is 80.5 cm³/mol. The molecular formula is C16H16ClN. The van der Waals surface area contributed by atoms with Crippen LogP contribution in [0.2, 0.25) is 5.02 Å². The molecule has 1 N–H and O–H groups in total. The van der Waals surface area contributed by atoms with E-state index in [9.17, 15) is 0 Å². The Hall–Kier alpha value is -1.73. The van der Waals surface area contributed by atoms with Gasteiger partial charge in [-0.2, -0.15) is 0 Å². The quantitative estimate of drug-likeness (QED) is 0.762. The lowest BCUT2D eigenvalue weighted by molar-refractivity contribution is 1.24. The first kappa shape index (κ1) is 12.7. The molecule has 0 aliphatic rings. The average Bonchev–Trinajstić information content (AvgIpc) is 2.39. The third-order valence-electron chi connectivity index (χ3n) is 2.83. The van der Waals surface area contributed by atoms with Crippen molar-refractivity contribution in [3.8, 4) is 0 Å². The number of hydrogen-bond acceptors (Lipinski definition) is 1. The largest absolute Gasteiger partial charge is 0.355 e. The minimum atomic E-state index is 0.732. The fourth-order valence-corrected chi connectivity index (χ4v) is 1.92. The van der Waals surface area contributed by atoms with E-state index in [1.807, 2.05) is 24.3 Å². The number of anilines is 2. The van der Waals surface area contributed by atoms with Crippen molar-refractivity contribution in [1.82, 2.24) is 0 Å². The number of rotatable bonds is 4. The summed E-state index contributed by atoms with van der Waals surface area (Å²) in [4.78, 5) is 0. The van der Waals surface area contributed by atoms with Gasteiger partial charge < -0.3 is 5.32 Å². The number of allylic oxidation sites excluding steroid dienone is 1. The van der Waals surface area contributed by atoms with Crippen LogP contribution in [-0.2, 0) is 0 Å². The summed E-state index contributed by atoms with van der Waals surface area (Å²) in [5.41, 5.74) is 4.38. The lowest BCUT2D eigenvalue weighted by Gasteiger charge is -2.08. The van der Waals surface area contributed by atoms with Gasteiger partial charge in [0, 0.05) is 16.4 Å². The molecule has 0 amide bonds. The molecule has 0 radical (unpaired) electrons. The lowest BCUT2D eigenvalue weighted by Crippen LogP contribution is -1.90. The first-order chi connectivity index (χ1) is 8.69. The summed E-state index contributed by atoms with van der Waals surface area (Å²) in [6, 6.07) is 16.0. The molecule has 92 valence electrons. The molecule has 0 aliphatic heterocycles. The smallest absolute Gasteiger partial charge is 0.0426 e. The highest BCUT2D eigenvalue weighted by Gasteiger charge is 1.98. The van der Waals surface area contributed by atoms with E-state index < -0.39 is 0 Å². The van der Waals surface area contributed by atoms with Crippen molar-refractivity contribution in [3.05, 3.63) is 65.7 Å². The van der Waals surface area contributed by atoms with Gasteiger partial charge in [-0.1, -0.05) is 43.3 Å². The zero-order valence-corrected chi connectivity index (χ0v) is 11.2. The van der Waals surface area contributed by atoms with Crippen molar-refractivity contribution in [2.75, 3.05) is 5.32 Å². The summed E-state index contributed by atoms with van der Waals surface area (Å²) < 4.78 is 0. The van der Waals surface area contributed by atoms with Crippen molar-refractivity contribution in [3.63, 3.8) is 0 Å². The van der Waals surface area contributed by atoms with Gasteiger partial charge in [-0.15, -0.1) is 0 Å². The summed E-state index contributed by atoms with van der Waals surface area (Å²) >= 11 is 5.95. The molecule has 0 saturated carbocycles.